The second kappa shape index (κ2) is 10.8. The van der Waals surface area contributed by atoms with Gasteiger partial charge < -0.3 is 15.5 Å². The van der Waals surface area contributed by atoms with Gasteiger partial charge in [-0.3, -0.25) is 28.9 Å². The van der Waals surface area contributed by atoms with Crippen LogP contribution in [0, 0.1) is 0 Å². The molecular weight excluding hydrogens is 458 g/mol. The Bertz CT molecular complexity index is 1160. The summed E-state index contributed by atoms with van der Waals surface area (Å²) in [6, 6.07) is 5.82. The van der Waals surface area contributed by atoms with E-state index in [4.69, 9.17) is 5.73 Å². The number of carbonyl (C=O) groups is 2. The van der Waals surface area contributed by atoms with Gasteiger partial charge in [0.15, 0.2) is 0 Å². The first kappa shape index (κ1) is 25.1. The van der Waals surface area contributed by atoms with Crippen LogP contribution in [0.1, 0.15) is 37.3 Å². The van der Waals surface area contributed by atoms with Gasteiger partial charge in [-0.1, -0.05) is 6.07 Å². The van der Waals surface area contributed by atoms with Crippen molar-refractivity contribution >= 4 is 22.8 Å². The molecule has 3 fully saturated rings. The molecule has 0 bridgehead atoms. The fraction of sp³-hybridized carbons (Fsp3) is 0.654. The third kappa shape index (κ3) is 5.41. The molecule has 1 atom stereocenters. The number of hydrogen-bond acceptors (Lipinski definition) is 7. The number of imide groups is 1. The molecule has 196 valence electrons. The molecule has 0 saturated carbocycles. The molecule has 0 spiro atoms. The summed E-state index contributed by atoms with van der Waals surface area (Å²) in [5.74, 6) is -0.677. The van der Waals surface area contributed by atoms with Gasteiger partial charge in [0.25, 0.3) is 0 Å². The number of likely N-dealkylation sites (tertiary alicyclic amines) is 1. The molecular formula is C26H39N7O3. The fourth-order valence-corrected chi connectivity index (χ4v) is 5.78. The maximum Gasteiger partial charge on any atom is 0.329 e. The lowest BCUT2D eigenvalue weighted by Gasteiger charge is -2.37. The fourth-order valence-electron chi connectivity index (χ4n) is 5.78. The average Bonchev–Trinajstić information content (AvgIpc) is 3.12. The molecule has 3 N–H and O–H groups in total. The van der Waals surface area contributed by atoms with Crippen molar-refractivity contribution in [3.05, 3.63) is 34.2 Å². The molecule has 36 heavy (non-hydrogen) atoms. The van der Waals surface area contributed by atoms with Crippen molar-refractivity contribution < 1.29 is 9.59 Å². The van der Waals surface area contributed by atoms with E-state index < -0.39 is 11.9 Å². The molecule has 0 radical (unpaired) electrons. The Balaban J connectivity index is 1.14. The first-order valence-corrected chi connectivity index (χ1v) is 13.4. The van der Waals surface area contributed by atoms with Crippen molar-refractivity contribution in [2.75, 3.05) is 58.9 Å². The quantitative estimate of drug-likeness (QED) is 0.514. The molecule has 2 amide bonds. The van der Waals surface area contributed by atoms with Crippen molar-refractivity contribution in [2.45, 2.75) is 44.2 Å². The summed E-state index contributed by atoms with van der Waals surface area (Å²) in [5.41, 5.74) is 8.55. The van der Waals surface area contributed by atoms with Crippen LogP contribution in [0.2, 0.25) is 0 Å². The monoisotopic (exact) mass is 497 g/mol. The van der Waals surface area contributed by atoms with Crippen molar-refractivity contribution in [3.8, 4) is 0 Å². The van der Waals surface area contributed by atoms with Gasteiger partial charge >= 0.3 is 5.69 Å². The van der Waals surface area contributed by atoms with Gasteiger partial charge in [0, 0.05) is 65.3 Å². The van der Waals surface area contributed by atoms with Crippen LogP contribution >= 0.6 is 0 Å². The van der Waals surface area contributed by atoms with E-state index in [9.17, 15) is 14.4 Å². The Morgan fingerprint density at radius 3 is 2.17 bits per heavy atom. The third-order valence-electron chi connectivity index (χ3n) is 8.22. The number of amides is 2. The number of nitrogens with one attached hydrogen (secondary N) is 1. The molecule has 10 heteroatoms. The number of imidazole rings is 1. The van der Waals surface area contributed by atoms with E-state index in [1.54, 1.807) is 16.2 Å². The summed E-state index contributed by atoms with van der Waals surface area (Å²) >= 11 is 0. The molecule has 2 aromatic rings. The number of aryl methyl sites for hydroxylation is 1. The van der Waals surface area contributed by atoms with Gasteiger partial charge in [-0.25, -0.2) is 4.79 Å². The van der Waals surface area contributed by atoms with E-state index in [1.165, 1.54) is 5.56 Å². The lowest BCUT2D eigenvalue weighted by molar-refractivity contribution is -0.135. The molecule has 1 unspecified atom stereocenters. The van der Waals surface area contributed by atoms with Gasteiger partial charge in [0.05, 0.1) is 11.0 Å². The maximum absolute atomic E-state index is 13.0. The van der Waals surface area contributed by atoms with Gasteiger partial charge in [0.1, 0.15) is 6.04 Å². The Kier molecular flexibility index (Phi) is 7.57. The van der Waals surface area contributed by atoms with Crippen LogP contribution in [0.15, 0.2) is 23.0 Å². The number of nitrogens with zero attached hydrogens (tertiary/aromatic N) is 5. The van der Waals surface area contributed by atoms with Crippen LogP contribution in [-0.4, -0.2) is 101 Å². The normalized spacial score (nSPS) is 23.4. The number of piperidine rings is 2. The van der Waals surface area contributed by atoms with Crippen LogP contribution in [0.4, 0.5) is 0 Å². The first-order chi connectivity index (χ1) is 17.4. The Morgan fingerprint density at radius 1 is 0.861 bits per heavy atom. The smallest absolute Gasteiger partial charge is 0.328 e. The summed E-state index contributed by atoms with van der Waals surface area (Å²) in [5, 5.41) is 2.36. The number of aromatic nitrogens is 2. The molecule has 3 aliphatic heterocycles. The molecule has 10 nitrogen and oxygen atoms in total. The zero-order valence-electron chi connectivity index (χ0n) is 21.3. The van der Waals surface area contributed by atoms with Crippen molar-refractivity contribution in [2.24, 2.45) is 12.8 Å². The molecule has 4 heterocycles. The minimum absolute atomic E-state index is 0.222. The summed E-state index contributed by atoms with van der Waals surface area (Å²) in [4.78, 5) is 44.5. The van der Waals surface area contributed by atoms with Crippen LogP contribution in [0.3, 0.4) is 0 Å². The zero-order chi connectivity index (χ0) is 25.2. The van der Waals surface area contributed by atoms with Crippen molar-refractivity contribution in [3.63, 3.8) is 0 Å². The number of benzene rings is 1. The molecule has 1 aromatic carbocycles. The first-order valence-electron chi connectivity index (χ1n) is 13.4. The van der Waals surface area contributed by atoms with E-state index in [0.29, 0.717) is 12.5 Å². The minimum Gasteiger partial charge on any atom is -0.328 e. The summed E-state index contributed by atoms with van der Waals surface area (Å²) in [6.07, 6.45) is 3.76. The number of fused-ring (bicyclic) bond motifs is 1. The average molecular weight is 498 g/mol. The van der Waals surface area contributed by atoms with E-state index in [1.807, 2.05) is 6.07 Å². The van der Waals surface area contributed by atoms with Crippen molar-refractivity contribution in [1.29, 1.82) is 0 Å². The van der Waals surface area contributed by atoms with Gasteiger partial charge in [-0.15, -0.1) is 0 Å². The lowest BCUT2D eigenvalue weighted by atomic mass is 10.1. The van der Waals surface area contributed by atoms with Crippen LogP contribution in [-0.2, 0) is 23.1 Å². The zero-order valence-corrected chi connectivity index (χ0v) is 21.3. The summed E-state index contributed by atoms with van der Waals surface area (Å²) < 4.78 is 3.15. The number of piperazine rings is 1. The summed E-state index contributed by atoms with van der Waals surface area (Å²) in [7, 11) is 1.74. The van der Waals surface area contributed by atoms with E-state index >= 15 is 0 Å². The SMILES string of the molecule is Cn1c(=O)n(C2CCC(=O)NC2=O)c2ccc(CCN3CCN(CCN4CCC(N)CC4)CC3)cc21. The number of rotatable bonds is 7. The highest BCUT2D eigenvalue weighted by molar-refractivity contribution is 6.00. The molecule has 5 rings (SSSR count). The Morgan fingerprint density at radius 2 is 1.50 bits per heavy atom. The molecule has 0 aliphatic carbocycles. The third-order valence-corrected chi connectivity index (χ3v) is 8.22. The minimum atomic E-state index is -0.645. The Hall–Kier alpha value is -2.53. The highest BCUT2D eigenvalue weighted by atomic mass is 16.2. The lowest BCUT2D eigenvalue weighted by Crippen LogP contribution is -2.49. The van der Waals surface area contributed by atoms with Crippen LogP contribution < -0.4 is 16.7 Å². The number of carbonyl (C=O) groups excluding carboxylic acids is 2. The molecule has 3 aliphatic rings. The largest absolute Gasteiger partial charge is 0.329 e. The standard InChI is InChI=1S/C26H39N7O3/c1-29-23-18-19(2-3-21(23)33(26(29)36)22-4-5-24(34)28-25(22)35)6-9-31-13-16-32(17-14-31)15-12-30-10-7-20(27)8-11-30/h2-3,18,20,22H,4-17,27H2,1H3,(H,28,34,35). The topological polar surface area (TPSA) is 109 Å². The maximum atomic E-state index is 13.0. The highest BCUT2D eigenvalue weighted by Crippen LogP contribution is 2.24. The number of hydrogen-bond donors (Lipinski definition) is 2. The van der Waals surface area contributed by atoms with E-state index in [0.717, 1.165) is 89.2 Å². The van der Waals surface area contributed by atoms with Crippen LogP contribution in [0.5, 0.6) is 0 Å². The molecule has 3 saturated heterocycles. The van der Waals surface area contributed by atoms with E-state index in [2.05, 4.69) is 32.1 Å². The summed E-state index contributed by atoms with van der Waals surface area (Å²) in [6.45, 7) is 9.91. The van der Waals surface area contributed by atoms with Gasteiger partial charge in [-0.2, -0.15) is 0 Å². The van der Waals surface area contributed by atoms with Gasteiger partial charge in [0.2, 0.25) is 11.8 Å². The number of nitrogens with two attached hydrogens (primary N) is 1. The second-order valence-electron chi connectivity index (χ2n) is 10.6. The predicted octanol–water partition coefficient (Wildman–Crippen LogP) is -0.0991. The van der Waals surface area contributed by atoms with Crippen molar-refractivity contribution in [1.82, 2.24) is 29.2 Å². The van der Waals surface area contributed by atoms with Gasteiger partial charge in [-0.05, 0) is 56.5 Å². The Labute approximate surface area is 212 Å². The van der Waals surface area contributed by atoms with Crippen LogP contribution in [0.25, 0.3) is 11.0 Å². The predicted molar refractivity (Wildman–Crippen MR) is 139 cm³/mol. The molecule has 1 aromatic heterocycles. The second-order valence-corrected chi connectivity index (χ2v) is 10.6. The highest BCUT2D eigenvalue weighted by Gasteiger charge is 2.31. The van der Waals surface area contributed by atoms with E-state index in [-0.39, 0.29) is 18.0 Å².